The molecule has 1 unspecified atom stereocenters. The molecule has 0 aliphatic rings. The molecule has 2 aromatic carbocycles. The van der Waals surface area contributed by atoms with E-state index in [0.717, 1.165) is 21.3 Å². The van der Waals surface area contributed by atoms with E-state index in [4.69, 9.17) is 4.74 Å². The molecular formula is C24H24BrN3O3. The van der Waals surface area contributed by atoms with Gasteiger partial charge in [0.1, 0.15) is 12.4 Å². The van der Waals surface area contributed by atoms with Gasteiger partial charge in [0.05, 0.1) is 6.04 Å². The fourth-order valence-corrected chi connectivity index (χ4v) is 3.16. The van der Waals surface area contributed by atoms with Crippen LogP contribution in [0.1, 0.15) is 40.9 Å². The van der Waals surface area contributed by atoms with Crippen molar-refractivity contribution in [2.24, 2.45) is 0 Å². The minimum Gasteiger partial charge on any atom is -0.489 e. The second kappa shape index (κ2) is 11.3. The van der Waals surface area contributed by atoms with Gasteiger partial charge in [0.15, 0.2) is 0 Å². The molecule has 2 N–H and O–H groups in total. The molecule has 0 saturated carbocycles. The number of amides is 2. The van der Waals surface area contributed by atoms with Crippen LogP contribution in [0, 0.1) is 0 Å². The number of benzene rings is 2. The molecule has 1 atom stereocenters. The molecule has 0 fully saturated rings. The first-order valence-corrected chi connectivity index (χ1v) is 10.8. The first kappa shape index (κ1) is 22.5. The Hall–Kier alpha value is -3.19. The normalized spacial score (nSPS) is 11.4. The van der Waals surface area contributed by atoms with E-state index in [9.17, 15) is 9.59 Å². The molecule has 3 rings (SSSR count). The third-order valence-corrected chi connectivity index (χ3v) is 5.16. The number of nitrogens with one attached hydrogen (secondary N) is 2. The zero-order chi connectivity index (χ0) is 22.1. The summed E-state index contributed by atoms with van der Waals surface area (Å²) in [6.07, 6.45) is 3.70. The van der Waals surface area contributed by atoms with Crippen molar-refractivity contribution in [3.8, 4) is 5.75 Å². The van der Waals surface area contributed by atoms with Crippen molar-refractivity contribution < 1.29 is 14.3 Å². The van der Waals surface area contributed by atoms with Gasteiger partial charge in [-0.05, 0) is 55.0 Å². The minimum absolute atomic E-state index is 0.125. The number of rotatable bonds is 9. The van der Waals surface area contributed by atoms with Gasteiger partial charge < -0.3 is 15.4 Å². The third-order valence-electron chi connectivity index (χ3n) is 4.63. The van der Waals surface area contributed by atoms with Crippen LogP contribution in [-0.2, 0) is 11.4 Å². The zero-order valence-electron chi connectivity index (χ0n) is 17.2. The number of carbonyl (C=O) groups excluding carboxylic acids is 2. The average Bonchev–Trinajstić information content (AvgIpc) is 2.79. The first-order valence-electron chi connectivity index (χ1n) is 9.96. The van der Waals surface area contributed by atoms with Crippen molar-refractivity contribution in [3.63, 3.8) is 0 Å². The number of halogens is 1. The van der Waals surface area contributed by atoms with Crippen LogP contribution in [0.5, 0.6) is 5.75 Å². The number of carbonyl (C=O) groups is 2. The Morgan fingerprint density at radius 3 is 2.48 bits per heavy atom. The van der Waals surface area contributed by atoms with Crippen LogP contribution in [0.15, 0.2) is 77.5 Å². The fraction of sp³-hybridized carbons (Fsp3) is 0.208. The highest BCUT2D eigenvalue weighted by atomic mass is 79.9. The highest BCUT2D eigenvalue weighted by Crippen LogP contribution is 2.18. The molecule has 0 saturated heterocycles. The van der Waals surface area contributed by atoms with Crippen LogP contribution < -0.4 is 15.4 Å². The third kappa shape index (κ3) is 7.22. The Morgan fingerprint density at radius 1 is 1.06 bits per heavy atom. The highest BCUT2D eigenvalue weighted by Gasteiger charge is 2.11. The van der Waals surface area contributed by atoms with Crippen molar-refractivity contribution in [3.05, 3.63) is 94.2 Å². The van der Waals surface area contributed by atoms with Crippen molar-refractivity contribution in [2.45, 2.75) is 26.0 Å². The molecule has 6 nitrogen and oxygen atoms in total. The lowest BCUT2D eigenvalue weighted by molar-refractivity contribution is -0.121. The molecule has 1 heterocycles. The van der Waals surface area contributed by atoms with Gasteiger partial charge in [-0.2, -0.15) is 0 Å². The second-order valence-electron chi connectivity index (χ2n) is 7.02. The first-order chi connectivity index (χ1) is 15.0. The molecule has 2 amide bonds. The van der Waals surface area contributed by atoms with Crippen molar-refractivity contribution in [1.29, 1.82) is 0 Å². The van der Waals surface area contributed by atoms with E-state index in [1.165, 1.54) is 0 Å². The summed E-state index contributed by atoms with van der Waals surface area (Å²) in [6.45, 7) is 2.64. The number of hydrogen-bond donors (Lipinski definition) is 2. The number of aromatic nitrogens is 1. The molecule has 0 aliphatic heterocycles. The number of hydrogen-bond acceptors (Lipinski definition) is 4. The molecular weight excluding hydrogens is 458 g/mol. The van der Waals surface area contributed by atoms with Crippen molar-refractivity contribution in [1.82, 2.24) is 15.6 Å². The molecule has 0 aliphatic carbocycles. The van der Waals surface area contributed by atoms with E-state index in [2.05, 4.69) is 31.5 Å². The fourth-order valence-electron chi connectivity index (χ4n) is 2.89. The molecule has 3 aromatic rings. The Kier molecular flexibility index (Phi) is 8.18. The van der Waals surface area contributed by atoms with Gasteiger partial charge in [-0.1, -0.05) is 34.1 Å². The standard InChI is InChI=1S/C24H24BrN3O3/c1-17(19-6-10-22(11-7-19)31-16-18-3-2-13-26-15-18)28-23(29)12-14-27-24(30)20-4-8-21(25)9-5-20/h2-11,13,15,17H,12,14,16H2,1H3,(H,27,30)(H,28,29). The predicted molar refractivity (Wildman–Crippen MR) is 123 cm³/mol. The maximum atomic E-state index is 12.2. The van der Waals surface area contributed by atoms with Crippen molar-refractivity contribution >= 4 is 27.7 Å². The number of pyridine rings is 1. The average molecular weight is 482 g/mol. The second-order valence-corrected chi connectivity index (χ2v) is 7.94. The van der Waals surface area contributed by atoms with E-state index in [1.807, 2.05) is 43.3 Å². The van der Waals surface area contributed by atoms with Crippen LogP contribution in [0.4, 0.5) is 0 Å². The molecule has 160 valence electrons. The van der Waals surface area contributed by atoms with Gasteiger partial charge in [-0.3, -0.25) is 14.6 Å². The zero-order valence-corrected chi connectivity index (χ0v) is 18.8. The number of ether oxygens (including phenoxy) is 1. The predicted octanol–water partition coefficient (Wildman–Crippen LogP) is 4.42. The molecule has 0 radical (unpaired) electrons. The quantitative estimate of drug-likeness (QED) is 0.473. The van der Waals surface area contributed by atoms with Crippen LogP contribution in [0.25, 0.3) is 0 Å². The largest absolute Gasteiger partial charge is 0.489 e. The van der Waals surface area contributed by atoms with Crippen molar-refractivity contribution in [2.75, 3.05) is 6.54 Å². The van der Waals surface area contributed by atoms with E-state index >= 15 is 0 Å². The number of nitrogens with zero attached hydrogens (tertiary/aromatic N) is 1. The molecule has 1 aromatic heterocycles. The Labute approximate surface area is 190 Å². The topological polar surface area (TPSA) is 80.3 Å². The van der Waals surface area contributed by atoms with Gasteiger partial charge in [-0.25, -0.2) is 0 Å². The Morgan fingerprint density at radius 2 is 1.81 bits per heavy atom. The summed E-state index contributed by atoms with van der Waals surface area (Å²) in [6, 6.07) is 18.4. The molecule has 7 heteroatoms. The minimum atomic E-state index is -0.199. The summed E-state index contributed by atoms with van der Waals surface area (Å²) in [4.78, 5) is 28.4. The SMILES string of the molecule is CC(NC(=O)CCNC(=O)c1ccc(Br)cc1)c1ccc(OCc2cccnc2)cc1. The summed E-state index contributed by atoms with van der Waals surface area (Å²) >= 11 is 3.34. The van der Waals surface area contributed by atoms with Gasteiger partial charge in [0, 0.05) is 41.0 Å². The van der Waals surface area contributed by atoms with E-state index in [1.54, 1.807) is 36.7 Å². The van der Waals surface area contributed by atoms with Gasteiger partial charge in [0.2, 0.25) is 5.91 Å². The summed E-state index contributed by atoms with van der Waals surface area (Å²) in [5.74, 6) is 0.428. The maximum absolute atomic E-state index is 12.2. The summed E-state index contributed by atoms with van der Waals surface area (Å²) in [5.41, 5.74) is 2.53. The summed E-state index contributed by atoms with van der Waals surface area (Å²) in [7, 11) is 0. The lowest BCUT2D eigenvalue weighted by Gasteiger charge is -2.15. The summed E-state index contributed by atoms with van der Waals surface area (Å²) in [5, 5.41) is 5.71. The molecule has 31 heavy (non-hydrogen) atoms. The maximum Gasteiger partial charge on any atom is 0.251 e. The van der Waals surface area contributed by atoms with E-state index < -0.39 is 0 Å². The summed E-state index contributed by atoms with van der Waals surface area (Å²) < 4.78 is 6.66. The van der Waals surface area contributed by atoms with E-state index in [0.29, 0.717) is 12.2 Å². The Bertz CT molecular complexity index is 993. The van der Waals surface area contributed by atoms with Crippen LogP contribution in [0.2, 0.25) is 0 Å². The Balaban J connectivity index is 1.40. The van der Waals surface area contributed by atoms with Crippen LogP contribution in [-0.4, -0.2) is 23.3 Å². The monoisotopic (exact) mass is 481 g/mol. The van der Waals surface area contributed by atoms with Crippen LogP contribution >= 0.6 is 15.9 Å². The lowest BCUT2D eigenvalue weighted by Crippen LogP contribution is -2.32. The van der Waals surface area contributed by atoms with E-state index in [-0.39, 0.29) is 30.8 Å². The lowest BCUT2D eigenvalue weighted by atomic mass is 10.1. The van der Waals surface area contributed by atoms with Gasteiger partial charge in [-0.15, -0.1) is 0 Å². The van der Waals surface area contributed by atoms with Crippen LogP contribution in [0.3, 0.4) is 0 Å². The van der Waals surface area contributed by atoms with Gasteiger partial charge in [0.25, 0.3) is 5.91 Å². The molecule has 0 spiro atoms. The highest BCUT2D eigenvalue weighted by molar-refractivity contribution is 9.10. The molecule has 0 bridgehead atoms. The smallest absolute Gasteiger partial charge is 0.251 e. The van der Waals surface area contributed by atoms with Gasteiger partial charge >= 0.3 is 0 Å².